The lowest BCUT2D eigenvalue weighted by atomic mass is 10.0. The fourth-order valence-electron chi connectivity index (χ4n) is 4.57. The number of likely N-dealkylation sites (tertiary alicyclic amines) is 2. The zero-order valence-electron chi connectivity index (χ0n) is 17.1. The molecular weight excluding hydrogens is 358 g/mol. The van der Waals surface area contributed by atoms with Crippen molar-refractivity contribution in [1.29, 1.82) is 0 Å². The first-order valence-electron chi connectivity index (χ1n) is 9.87. The Labute approximate surface area is 166 Å². The van der Waals surface area contributed by atoms with E-state index in [0.29, 0.717) is 30.9 Å². The second-order valence-corrected chi connectivity index (χ2v) is 8.09. The van der Waals surface area contributed by atoms with Crippen LogP contribution in [0.1, 0.15) is 37.0 Å². The summed E-state index contributed by atoms with van der Waals surface area (Å²) in [4.78, 5) is 29.8. The third-order valence-corrected chi connectivity index (χ3v) is 5.91. The molecule has 0 spiro atoms. The minimum atomic E-state index is -1.06. The Balaban J connectivity index is 1.89. The second kappa shape index (κ2) is 8.19. The first-order chi connectivity index (χ1) is 13.3. The number of hydrogen-bond donors (Lipinski definition) is 1. The normalized spacial score (nSPS) is 24.5. The molecule has 0 radical (unpaired) electrons. The number of benzene rings is 1. The van der Waals surface area contributed by atoms with Crippen molar-refractivity contribution in [3.05, 3.63) is 35.9 Å². The van der Waals surface area contributed by atoms with Crippen molar-refractivity contribution in [2.75, 3.05) is 27.3 Å². The van der Waals surface area contributed by atoms with Gasteiger partial charge in [0.25, 0.3) is 5.91 Å². The highest BCUT2D eigenvalue weighted by atomic mass is 16.7. The molecule has 1 aromatic carbocycles. The molecule has 2 aliphatic rings. The molecule has 7 nitrogen and oxygen atoms in total. The van der Waals surface area contributed by atoms with Gasteiger partial charge in [-0.1, -0.05) is 32.0 Å². The maximum atomic E-state index is 13.2. The molecule has 2 aliphatic heterocycles. The number of methoxy groups -OCH3 is 2. The summed E-state index contributed by atoms with van der Waals surface area (Å²) in [7, 11) is 3.12. The molecule has 2 fully saturated rings. The third kappa shape index (κ3) is 3.54. The summed E-state index contributed by atoms with van der Waals surface area (Å²) >= 11 is 0. The average molecular weight is 389 g/mol. The van der Waals surface area contributed by atoms with Crippen LogP contribution in [0.2, 0.25) is 0 Å². The largest absolute Gasteiger partial charge is 0.350 e. The van der Waals surface area contributed by atoms with E-state index in [1.165, 1.54) is 0 Å². The Morgan fingerprint density at radius 3 is 2.39 bits per heavy atom. The quantitative estimate of drug-likeness (QED) is 0.745. The minimum absolute atomic E-state index is 0.0765. The van der Waals surface area contributed by atoms with Crippen LogP contribution in [0.4, 0.5) is 0 Å². The van der Waals surface area contributed by atoms with Crippen LogP contribution in [0, 0.1) is 5.92 Å². The lowest BCUT2D eigenvalue weighted by Gasteiger charge is -2.37. The van der Waals surface area contributed by atoms with Crippen molar-refractivity contribution in [3.63, 3.8) is 0 Å². The van der Waals surface area contributed by atoms with E-state index in [2.05, 4.69) is 0 Å². The third-order valence-electron chi connectivity index (χ3n) is 5.91. The van der Waals surface area contributed by atoms with Gasteiger partial charge in [-0.15, -0.1) is 0 Å². The van der Waals surface area contributed by atoms with Gasteiger partial charge in [0.15, 0.2) is 0 Å². The van der Waals surface area contributed by atoms with Crippen LogP contribution in [0.3, 0.4) is 0 Å². The van der Waals surface area contributed by atoms with Crippen molar-refractivity contribution in [1.82, 2.24) is 9.80 Å². The number of amides is 2. The summed E-state index contributed by atoms with van der Waals surface area (Å²) in [6, 6.07) is 8.06. The summed E-state index contributed by atoms with van der Waals surface area (Å²) in [5.74, 6) is -0.911. The summed E-state index contributed by atoms with van der Waals surface area (Å²) < 4.78 is 11.5. The maximum absolute atomic E-state index is 13.2. The highest BCUT2D eigenvalue weighted by Crippen LogP contribution is 2.41. The Kier molecular flexibility index (Phi) is 6.07. The molecule has 7 heteroatoms. The van der Waals surface area contributed by atoms with E-state index in [0.717, 1.165) is 0 Å². The van der Waals surface area contributed by atoms with Crippen LogP contribution < -0.4 is 5.73 Å². The van der Waals surface area contributed by atoms with Gasteiger partial charge in [-0.05, 0) is 30.9 Å². The van der Waals surface area contributed by atoms with Crippen LogP contribution in [0.5, 0.6) is 0 Å². The maximum Gasteiger partial charge on any atom is 0.254 e. The van der Waals surface area contributed by atoms with E-state index in [4.69, 9.17) is 15.2 Å². The molecule has 0 bridgehead atoms. The summed E-state index contributed by atoms with van der Waals surface area (Å²) in [5, 5.41) is 0. The molecule has 0 aromatic heterocycles. The molecule has 28 heavy (non-hydrogen) atoms. The van der Waals surface area contributed by atoms with Crippen LogP contribution >= 0.6 is 0 Å². The van der Waals surface area contributed by atoms with E-state index in [1.807, 2.05) is 32.0 Å². The monoisotopic (exact) mass is 389 g/mol. The van der Waals surface area contributed by atoms with E-state index < -0.39 is 11.8 Å². The number of nitrogens with zero attached hydrogens (tertiary/aromatic N) is 2. The van der Waals surface area contributed by atoms with Crippen LogP contribution in [-0.4, -0.2) is 72.8 Å². The fourth-order valence-corrected chi connectivity index (χ4v) is 4.57. The zero-order chi connectivity index (χ0) is 20.5. The average Bonchev–Trinajstić information content (AvgIpc) is 3.26. The lowest BCUT2D eigenvalue weighted by Crippen LogP contribution is -2.57. The smallest absolute Gasteiger partial charge is 0.254 e. The minimum Gasteiger partial charge on any atom is -0.350 e. The standard InChI is InChI=1S/C21H31N3O4/c1-14(2)12-16(22)20(26)23-11-10-17-18(23)21(27-3,28-4)13-24(17)19(25)15-8-6-5-7-9-15/h5-9,14,16-18H,10-13,22H2,1-4H3/t16-,17?,18?/m0/s1. The van der Waals surface area contributed by atoms with Gasteiger partial charge < -0.3 is 25.0 Å². The summed E-state index contributed by atoms with van der Waals surface area (Å²) in [6.07, 6.45) is 1.30. The van der Waals surface area contributed by atoms with Crippen molar-refractivity contribution in [3.8, 4) is 0 Å². The molecule has 3 atom stereocenters. The molecular formula is C21H31N3O4. The Hall–Kier alpha value is -1.96. The Morgan fingerprint density at radius 1 is 1.18 bits per heavy atom. The van der Waals surface area contributed by atoms with Crippen molar-refractivity contribution in [2.45, 2.75) is 50.6 Å². The van der Waals surface area contributed by atoms with Gasteiger partial charge in [0.1, 0.15) is 6.04 Å². The SMILES string of the molecule is COC1(OC)CN(C(=O)c2ccccc2)C2CCN(C(=O)[C@@H](N)CC(C)C)C21. The van der Waals surface area contributed by atoms with Gasteiger partial charge in [-0.3, -0.25) is 9.59 Å². The van der Waals surface area contributed by atoms with Gasteiger partial charge in [-0.2, -0.15) is 0 Å². The molecule has 2 unspecified atom stereocenters. The molecule has 3 rings (SSSR count). The number of nitrogens with two attached hydrogens (primary N) is 1. The molecule has 2 saturated heterocycles. The van der Waals surface area contributed by atoms with Gasteiger partial charge in [0.05, 0.1) is 18.6 Å². The topological polar surface area (TPSA) is 85.1 Å². The van der Waals surface area contributed by atoms with Crippen molar-refractivity contribution >= 4 is 11.8 Å². The highest BCUT2D eigenvalue weighted by molar-refractivity contribution is 5.95. The van der Waals surface area contributed by atoms with Crippen molar-refractivity contribution < 1.29 is 19.1 Å². The number of fused-ring (bicyclic) bond motifs is 1. The van der Waals surface area contributed by atoms with E-state index >= 15 is 0 Å². The molecule has 2 amide bonds. The molecule has 0 saturated carbocycles. The Morgan fingerprint density at radius 2 is 1.82 bits per heavy atom. The molecule has 2 heterocycles. The van der Waals surface area contributed by atoms with Crippen LogP contribution in [0.15, 0.2) is 30.3 Å². The number of carbonyl (C=O) groups excluding carboxylic acids is 2. The number of carbonyl (C=O) groups is 2. The van der Waals surface area contributed by atoms with Gasteiger partial charge >= 0.3 is 0 Å². The second-order valence-electron chi connectivity index (χ2n) is 8.09. The van der Waals surface area contributed by atoms with Crippen LogP contribution in [0.25, 0.3) is 0 Å². The lowest BCUT2D eigenvalue weighted by molar-refractivity contribution is -0.222. The summed E-state index contributed by atoms with van der Waals surface area (Å²) in [6.45, 7) is 4.90. The number of hydrogen-bond acceptors (Lipinski definition) is 5. The number of rotatable bonds is 6. The first kappa shape index (κ1) is 20.8. The highest BCUT2D eigenvalue weighted by Gasteiger charge is 2.61. The van der Waals surface area contributed by atoms with Gasteiger partial charge in [0, 0.05) is 26.3 Å². The predicted molar refractivity (Wildman–Crippen MR) is 106 cm³/mol. The molecule has 154 valence electrons. The van der Waals surface area contributed by atoms with Crippen LogP contribution in [-0.2, 0) is 14.3 Å². The molecule has 2 N–H and O–H groups in total. The predicted octanol–water partition coefficient (Wildman–Crippen LogP) is 1.47. The molecule has 0 aliphatic carbocycles. The van der Waals surface area contributed by atoms with E-state index in [9.17, 15) is 9.59 Å². The van der Waals surface area contributed by atoms with Gasteiger partial charge in [0.2, 0.25) is 11.7 Å². The Bertz CT molecular complexity index is 705. The van der Waals surface area contributed by atoms with Gasteiger partial charge in [-0.25, -0.2) is 0 Å². The molecule has 1 aromatic rings. The van der Waals surface area contributed by atoms with E-state index in [1.54, 1.807) is 36.2 Å². The van der Waals surface area contributed by atoms with Crippen molar-refractivity contribution in [2.24, 2.45) is 11.7 Å². The first-order valence-corrected chi connectivity index (χ1v) is 9.87. The number of ether oxygens (including phenoxy) is 2. The van der Waals surface area contributed by atoms with E-state index in [-0.39, 0.29) is 30.4 Å². The zero-order valence-corrected chi connectivity index (χ0v) is 17.1. The summed E-state index contributed by atoms with van der Waals surface area (Å²) in [5.41, 5.74) is 6.80. The fraction of sp³-hybridized carbons (Fsp3) is 0.619.